The monoisotopic (exact) mass is 156 g/mol. The first-order chi connectivity index (χ1) is 5.20. The van der Waals surface area contributed by atoms with Crippen molar-refractivity contribution >= 4 is 0 Å². The zero-order chi connectivity index (χ0) is 8.69. The quantitative estimate of drug-likeness (QED) is 0.546. The number of halogens is 1. The van der Waals surface area contributed by atoms with Crippen LogP contribution in [0.3, 0.4) is 0 Å². The number of hydrogen-bond donors (Lipinski definition) is 0. The van der Waals surface area contributed by atoms with Crippen molar-refractivity contribution in [3.8, 4) is 0 Å². The highest BCUT2D eigenvalue weighted by Crippen LogP contribution is 2.07. The Morgan fingerprint density at radius 1 is 1.55 bits per heavy atom. The Morgan fingerprint density at radius 2 is 2.18 bits per heavy atom. The summed E-state index contributed by atoms with van der Waals surface area (Å²) < 4.78 is 12.0. The fraction of sp³-hybridized carbons (Fsp3) is 0.600. The number of alkyl halides is 1. The second-order valence-corrected chi connectivity index (χ2v) is 2.92. The molecule has 64 valence electrons. The van der Waals surface area contributed by atoms with E-state index in [2.05, 4.69) is 6.08 Å². The highest BCUT2D eigenvalue weighted by molar-refractivity contribution is 5.05. The van der Waals surface area contributed by atoms with Gasteiger partial charge in [0.25, 0.3) is 0 Å². The van der Waals surface area contributed by atoms with Gasteiger partial charge in [-0.05, 0) is 20.3 Å². The Bertz CT molecular complexity index is 145. The van der Waals surface area contributed by atoms with Crippen LogP contribution in [0.5, 0.6) is 0 Å². The van der Waals surface area contributed by atoms with Gasteiger partial charge in [0.15, 0.2) is 0 Å². The Balaban J connectivity index is 3.79. The minimum absolute atomic E-state index is 0.0697. The Kier molecular flexibility index (Phi) is 5.81. The summed E-state index contributed by atoms with van der Waals surface area (Å²) in [7, 11) is 0. The molecule has 1 unspecified atom stereocenters. The third-order valence-corrected chi connectivity index (χ3v) is 1.49. The predicted molar refractivity (Wildman–Crippen MR) is 48.3 cm³/mol. The summed E-state index contributed by atoms with van der Waals surface area (Å²) in [6.07, 6.45) is 7.02. The molecule has 0 radical (unpaired) electrons. The zero-order valence-electron chi connectivity index (χ0n) is 7.60. The molecule has 0 aliphatic rings. The lowest BCUT2D eigenvalue weighted by Crippen LogP contribution is -1.92. The molecule has 0 aliphatic heterocycles. The van der Waals surface area contributed by atoms with E-state index in [1.54, 1.807) is 0 Å². The van der Waals surface area contributed by atoms with Gasteiger partial charge in [0.2, 0.25) is 0 Å². The molecule has 0 bridgehead atoms. The van der Waals surface area contributed by atoms with Gasteiger partial charge in [0.1, 0.15) is 0 Å². The second-order valence-electron chi connectivity index (χ2n) is 2.92. The minimum atomic E-state index is -0.257. The van der Waals surface area contributed by atoms with Gasteiger partial charge in [0, 0.05) is 5.92 Å². The zero-order valence-corrected chi connectivity index (χ0v) is 7.60. The lowest BCUT2D eigenvalue weighted by Gasteiger charge is -2.00. The first-order valence-corrected chi connectivity index (χ1v) is 4.05. The minimum Gasteiger partial charge on any atom is -0.250 e. The van der Waals surface area contributed by atoms with Crippen LogP contribution < -0.4 is 0 Å². The van der Waals surface area contributed by atoms with Gasteiger partial charge in [-0.1, -0.05) is 30.7 Å². The lowest BCUT2D eigenvalue weighted by atomic mass is 10.1. The summed E-state index contributed by atoms with van der Waals surface area (Å²) in [6, 6.07) is 0. The largest absolute Gasteiger partial charge is 0.250 e. The van der Waals surface area contributed by atoms with Gasteiger partial charge in [0.05, 0.1) is 6.67 Å². The van der Waals surface area contributed by atoms with Crippen molar-refractivity contribution in [2.24, 2.45) is 5.92 Å². The van der Waals surface area contributed by atoms with Crippen molar-refractivity contribution in [3.63, 3.8) is 0 Å². The van der Waals surface area contributed by atoms with Crippen LogP contribution in [0.25, 0.3) is 0 Å². The molecule has 0 aromatic heterocycles. The molecule has 0 aliphatic carbocycles. The van der Waals surface area contributed by atoms with Crippen LogP contribution in [0, 0.1) is 5.92 Å². The maximum atomic E-state index is 12.0. The third-order valence-electron chi connectivity index (χ3n) is 1.49. The van der Waals surface area contributed by atoms with E-state index in [1.807, 2.05) is 32.9 Å². The molecule has 0 amide bonds. The van der Waals surface area contributed by atoms with Gasteiger partial charge in [-0.2, -0.15) is 0 Å². The summed E-state index contributed by atoms with van der Waals surface area (Å²) in [5, 5.41) is 0. The first kappa shape index (κ1) is 10.4. The van der Waals surface area contributed by atoms with Crippen LogP contribution in [0.2, 0.25) is 0 Å². The molecule has 0 aromatic rings. The second kappa shape index (κ2) is 6.14. The highest BCUT2D eigenvalue weighted by atomic mass is 19.1. The molecule has 0 fully saturated rings. The standard InChI is InChI=1S/C10H17F/c1-4-5-6-9(2)7-10(3)8-11/h4-5,7,10H,6,8H2,1-3H3/b5-4-,9-7-. The maximum Gasteiger partial charge on any atom is 0.0954 e. The summed E-state index contributed by atoms with van der Waals surface area (Å²) >= 11 is 0. The Hall–Kier alpha value is -0.590. The van der Waals surface area contributed by atoms with Gasteiger partial charge < -0.3 is 0 Å². The molecule has 1 atom stereocenters. The molecular weight excluding hydrogens is 139 g/mol. The summed E-state index contributed by atoms with van der Waals surface area (Å²) in [5.41, 5.74) is 1.24. The first-order valence-electron chi connectivity index (χ1n) is 4.05. The highest BCUT2D eigenvalue weighted by Gasteiger charge is 1.95. The Morgan fingerprint density at radius 3 is 2.64 bits per heavy atom. The van der Waals surface area contributed by atoms with Crippen LogP contribution in [-0.2, 0) is 0 Å². The molecule has 0 spiro atoms. The molecule has 11 heavy (non-hydrogen) atoms. The average Bonchev–Trinajstić information content (AvgIpc) is 2.00. The van der Waals surface area contributed by atoms with Crippen molar-refractivity contribution in [1.29, 1.82) is 0 Å². The van der Waals surface area contributed by atoms with Crippen LogP contribution in [0.1, 0.15) is 27.2 Å². The molecule has 0 rings (SSSR count). The smallest absolute Gasteiger partial charge is 0.0954 e. The normalized spacial score (nSPS) is 15.8. The van der Waals surface area contributed by atoms with Crippen molar-refractivity contribution in [1.82, 2.24) is 0 Å². The predicted octanol–water partition coefficient (Wildman–Crippen LogP) is 3.50. The van der Waals surface area contributed by atoms with E-state index in [0.717, 1.165) is 6.42 Å². The molecular formula is C10H17F. The van der Waals surface area contributed by atoms with E-state index >= 15 is 0 Å². The summed E-state index contributed by atoms with van der Waals surface area (Å²) in [4.78, 5) is 0. The van der Waals surface area contributed by atoms with Gasteiger partial charge in [-0.15, -0.1) is 0 Å². The van der Waals surface area contributed by atoms with Crippen LogP contribution in [0.4, 0.5) is 4.39 Å². The molecule has 0 saturated heterocycles. The molecule has 0 nitrogen and oxygen atoms in total. The molecule has 0 aromatic carbocycles. The average molecular weight is 156 g/mol. The van der Waals surface area contributed by atoms with Gasteiger partial charge in [-0.3, -0.25) is 4.39 Å². The number of allylic oxidation sites excluding steroid dienone is 4. The topological polar surface area (TPSA) is 0 Å². The molecule has 0 heterocycles. The molecule has 0 saturated carbocycles. The van der Waals surface area contributed by atoms with Gasteiger partial charge >= 0.3 is 0 Å². The Labute approximate surface area is 68.8 Å². The number of rotatable bonds is 4. The number of hydrogen-bond acceptors (Lipinski definition) is 0. The van der Waals surface area contributed by atoms with E-state index < -0.39 is 0 Å². The van der Waals surface area contributed by atoms with E-state index in [-0.39, 0.29) is 12.6 Å². The van der Waals surface area contributed by atoms with Crippen molar-refractivity contribution in [2.75, 3.05) is 6.67 Å². The summed E-state index contributed by atoms with van der Waals surface area (Å²) in [5.74, 6) is 0.0697. The fourth-order valence-corrected chi connectivity index (χ4v) is 0.902. The van der Waals surface area contributed by atoms with Crippen molar-refractivity contribution in [2.45, 2.75) is 27.2 Å². The van der Waals surface area contributed by atoms with Crippen LogP contribution in [-0.4, -0.2) is 6.67 Å². The van der Waals surface area contributed by atoms with Crippen LogP contribution in [0.15, 0.2) is 23.8 Å². The lowest BCUT2D eigenvalue weighted by molar-refractivity contribution is 0.429. The SMILES string of the molecule is C/C=C\C/C(C)=C\C(C)CF. The third kappa shape index (κ3) is 5.84. The summed E-state index contributed by atoms with van der Waals surface area (Å²) in [6.45, 7) is 5.66. The molecule has 1 heteroatoms. The van der Waals surface area contributed by atoms with E-state index in [0.29, 0.717) is 0 Å². The van der Waals surface area contributed by atoms with E-state index in [4.69, 9.17) is 0 Å². The maximum absolute atomic E-state index is 12.0. The van der Waals surface area contributed by atoms with E-state index in [9.17, 15) is 4.39 Å². The fourth-order valence-electron chi connectivity index (χ4n) is 0.902. The molecule has 0 N–H and O–H groups in total. The van der Waals surface area contributed by atoms with Crippen molar-refractivity contribution in [3.05, 3.63) is 23.8 Å². The van der Waals surface area contributed by atoms with E-state index in [1.165, 1.54) is 5.57 Å². The van der Waals surface area contributed by atoms with Crippen molar-refractivity contribution < 1.29 is 4.39 Å². The van der Waals surface area contributed by atoms with Gasteiger partial charge in [-0.25, -0.2) is 0 Å². The van der Waals surface area contributed by atoms with Crippen LogP contribution >= 0.6 is 0 Å².